The first kappa shape index (κ1) is 17.0. The van der Waals surface area contributed by atoms with Crippen molar-refractivity contribution in [1.82, 2.24) is 9.13 Å². The average Bonchev–Trinajstić information content (AvgIpc) is 3.08. The highest BCUT2D eigenvalue weighted by molar-refractivity contribution is 5.33. The van der Waals surface area contributed by atoms with Gasteiger partial charge in [0.1, 0.15) is 30.1 Å². The number of nitrogens with zero attached hydrogens (tertiary/aromatic N) is 3. The van der Waals surface area contributed by atoms with Crippen molar-refractivity contribution in [2.24, 2.45) is 0 Å². The van der Waals surface area contributed by atoms with E-state index < -0.39 is 17.4 Å². The van der Waals surface area contributed by atoms with Gasteiger partial charge in [0.2, 0.25) is 0 Å². The number of aliphatic hydroxyl groups excluding tert-OH is 1. The van der Waals surface area contributed by atoms with Gasteiger partial charge in [0.25, 0.3) is 5.56 Å². The molecule has 0 saturated heterocycles. The molecule has 1 aliphatic heterocycles. The number of ether oxygens (including phenoxy) is 1. The number of fused-ring (bicyclic) bond motifs is 1. The number of aliphatic hydroxyl groups is 1. The van der Waals surface area contributed by atoms with Crippen LogP contribution < -0.4 is 16.0 Å². The summed E-state index contributed by atoms with van der Waals surface area (Å²) in [6, 6.07) is 9.24. The van der Waals surface area contributed by atoms with Gasteiger partial charge in [-0.25, -0.2) is 4.79 Å². The monoisotopic (exact) mass is 341 g/mol. The van der Waals surface area contributed by atoms with E-state index in [0.29, 0.717) is 24.4 Å². The summed E-state index contributed by atoms with van der Waals surface area (Å²) in [4.78, 5) is 24.9. The van der Waals surface area contributed by atoms with E-state index in [1.54, 1.807) is 12.1 Å². The molecule has 3 rings (SSSR count). The predicted molar refractivity (Wildman–Crippen MR) is 90.7 cm³/mol. The second-order valence-electron chi connectivity index (χ2n) is 6.16. The van der Waals surface area contributed by atoms with Gasteiger partial charge in [0.05, 0.1) is 6.54 Å². The summed E-state index contributed by atoms with van der Waals surface area (Å²) in [5.74, 6) is 0.598. The quantitative estimate of drug-likeness (QED) is 0.858. The molecular formula is C18H19N3O4. The first-order chi connectivity index (χ1) is 12.0. The summed E-state index contributed by atoms with van der Waals surface area (Å²) < 4.78 is 7.86. The third kappa shape index (κ3) is 3.35. The Morgan fingerprint density at radius 2 is 2.04 bits per heavy atom. The van der Waals surface area contributed by atoms with E-state index in [1.165, 1.54) is 4.57 Å². The Labute approximate surface area is 144 Å². The highest BCUT2D eigenvalue weighted by Crippen LogP contribution is 2.14. The maximum Gasteiger partial charge on any atom is 0.331 e. The fourth-order valence-electron chi connectivity index (χ4n) is 3.00. The Hall–Kier alpha value is -2.85. The average molecular weight is 341 g/mol. The van der Waals surface area contributed by atoms with Crippen LogP contribution in [0.1, 0.15) is 23.2 Å². The van der Waals surface area contributed by atoms with E-state index in [9.17, 15) is 20.0 Å². The fraction of sp³-hybridized carbons (Fsp3) is 0.389. The molecule has 0 aliphatic carbocycles. The molecule has 1 aliphatic rings. The molecular weight excluding hydrogens is 322 g/mol. The molecule has 0 bridgehead atoms. The lowest BCUT2D eigenvalue weighted by Crippen LogP contribution is -2.44. The lowest BCUT2D eigenvalue weighted by atomic mass is 10.2. The molecule has 7 heteroatoms. The van der Waals surface area contributed by atoms with Gasteiger partial charge in [-0.05, 0) is 31.9 Å². The summed E-state index contributed by atoms with van der Waals surface area (Å²) in [5.41, 5.74) is 0.457. The Morgan fingerprint density at radius 1 is 1.32 bits per heavy atom. The van der Waals surface area contributed by atoms with E-state index >= 15 is 0 Å². The van der Waals surface area contributed by atoms with E-state index in [0.717, 1.165) is 16.6 Å². The number of hydrogen-bond donors (Lipinski definition) is 1. The van der Waals surface area contributed by atoms with Gasteiger partial charge in [0, 0.05) is 12.2 Å². The molecule has 130 valence electrons. The minimum atomic E-state index is -1.04. The number of benzene rings is 1. The van der Waals surface area contributed by atoms with Gasteiger partial charge in [-0.3, -0.25) is 13.9 Å². The molecule has 1 N–H and O–H groups in total. The van der Waals surface area contributed by atoms with Gasteiger partial charge in [-0.2, -0.15) is 5.26 Å². The number of rotatable bonds is 5. The number of hydrogen-bond acceptors (Lipinski definition) is 5. The van der Waals surface area contributed by atoms with E-state index in [4.69, 9.17) is 4.74 Å². The molecule has 1 aromatic heterocycles. The molecule has 0 fully saturated rings. The highest BCUT2D eigenvalue weighted by Gasteiger charge is 2.23. The second kappa shape index (κ2) is 6.95. The summed E-state index contributed by atoms with van der Waals surface area (Å²) in [6.45, 7) is 2.18. The Kier molecular flexibility index (Phi) is 4.72. The standard InChI is InChI=1S/C18H19N3O4/c1-12-4-6-14(7-5-12)25-11-13(22)10-21-17(23)15(9-19)16-3-2-8-20(16)18(21)24/h4-7,13,22H,2-3,8,10-11H2,1H3/t13-/m1/s1. The predicted octanol–water partition coefficient (Wildman–Crippen LogP) is 0.576. The fourth-order valence-corrected chi connectivity index (χ4v) is 3.00. The topological polar surface area (TPSA) is 97.2 Å². The Morgan fingerprint density at radius 3 is 2.72 bits per heavy atom. The van der Waals surface area contributed by atoms with Gasteiger partial charge >= 0.3 is 5.69 Å². The minimum absolute atomic E-state index is 0.0104. The molecule has 25 heavy (non-hydrogen) atoms. The number of nitriles is 1. The van der Waals surface area contributed by atoms with Crippen molar-refractivity contribution in [2.45, 2.75) is 39.0 Å². The van der Waals surface area contributed by atoms with Crippen molar-refractivity contribution < 1.29 is 9.84 Å². The summed E-state index contributed by atoms with van der Waals surface area (Å²) in [5, 5.41) is 19.4. The van der Waals surface area contributed by atoms with E-state index in [2.05, 4.69) is 0 Å². The van der Waals surface area contributed by atoms with Crippen molar-refractivity contribution in [1.29, 1.82) is 5.26 Å². The summed E-state index contributed by atoms with van der Waals surface area (Å²) in [7, 11) is 0. The zero-order valence-electron chi connectivity index (χ0n) is 13.9. The number of aromatic nitrogens is 2. The van der Waals surface area contributed by atoms with Gasteiger partial charge < -0.3 is 9.84 Å². The molecule has 1 aromatic carbocycles. The summed E-state index contributed by atoms with van der Waals surface area (Å²) >= 11 is 0. The molecule has 2 heterocycles. The van der Waals surface area contributed by atoms with E-state index in [1.807, 2.05) is 25.1 Å². The van der Waals surface area contributed by atoms with Crippen LogP contribution >= 0.6 is 0 Å². The van der Waals surface area contributed by atoms with Crippen molar-refractivity contribution in [2.75, 3.05) is 6.61 Å². The SMILES string of the molecule is Cc1ccc(OC[C@H](O)Cn2c(=O)c(C#N)c3n(c2=O)CCC3)cc1. The molecule has 1 atom stereocenters. The maximum absolute atomic E-state index is 12.5. The summed E-state index contributed by atoms with van der Waals surface area (Å²) in [6.07, 6.45) is 0.234. The highest BCUT2D eigenvalue weighted by atomic mass is 16.5. The molecule has 0 radical (unpaired) electrons. The lowest BCUT2D eigenvalue weighted by molar-refractivity contribution is 0.0899. The van der Waals surface area contributed by atoms with Crippen LogP contribution in [0.4, 0.5) is 0 Å². The zero-order chi connectivity index (χ0) is 18.0. The molecule has 2 aromatic rings. The van der Waals surface area contributed by atoms with Crippen molar-refractivity contribution in [3.05, 3.63) is 61.9 Å². The number of aryl methyl sites for hydroxylation is 1. The minimum Gasteiger partial charge on any atom is -0.491 e. The molecule has 0 unspecified atom stereocenters. The third-order valence-electron chi connectivity index (χ3n) is 4.30. The van der Waals surface area contributed by atoms with Crippen LogP contribution in [0, 0.1) is 18.3 Å². The van der Waals surface area contributed by atoms with Gasteiger partial charge in [0.15, 0.2) is 0 Å². The van der Waals surface area contributed by atoms with Crippen molar-refractivity contribution >= 4 is 0 Å². The van der Waals surface area contributed by atoms with Crippen LogP contribution in [-0.4, -0.2) is 27.0 Å². The molecule has 0 saturated carbocycles. The van der Waals surface area contributed by atoms with E-state index in [-0.39, 0.29) is 18.7 Å². The first-order valence-electron chi connectivity index (χ1n) is 8.15. The van der Waals surface area contributed by atoms with Crippen molar-refractivity contribution in [3.63, 3.8) is 0 Å². The zero-order valence-corrected chi connectivity index (χ0v) is 13.9. The van der Waals surface area contributed by atoms with Gasteiger partial charge in [-0.1, -0.05) is 17.7 Å². The van der Waals surface area contributed by atoms with Crippen LogP contribution in [0.15, 0.2) is 33.9 Å². The van der Waals surface area contributed by atoms with Crippen LogP contribution in [0.25, 0.3) is 0 Å². The lowest BCUT2D eigenvalue weighted by Gasteiger charge is -2.15. The largest absolute Gasteiger partial charge is 0.491 e. The Balaban J connectivity index is 1.79. The van der Waals surface area contributed by atoms with Crippen LogP contribution in [0.2, 0.25) is 0 Å². The van der Waals surface area contributed by atoms with Crippen LogP contribution in [0.3, 0.4) is 0 Å². The molecule has 0 spiro atoms. The van der Waals surface area contributed by atoms with Crippen LogP contribution in [0.5, 0.6) is 5.75 Å². The maximum atomic E-state index is 12.5. The Bertz CT molecular complexity index is 935. The smallest absolute Gasteiger partial charge is 0.331 e. The normalized spacial score (nSPS) is 14.0. The first-order valence-corrected chi connectivity index (χ1v) is 8.15. The van der Waals surface area contributed by atoms with Gasteiger partial charge in [-0.15, -0.1) is 0 Å². The second-order valence-corrected chi connectivity index (χ2v) is 6.16. The van der Waals surface area contributed by atoms with Crippen molar-refractivity contribution in [3.8, 4) is 11.8 Å². The third-order valence-corrected chi connectivity index (χ3v) is 4.30. The molecule has 0 amide bonds. The van der Waals surface area contributed by atoms with Crippen LogP contribution in [-0.2, 0) is 19.5 Å². The molecule has 7 nitrogen and oxygen atoms in total.